The Balaban J connectivity index is 1.87. The monoisotopic (exact) mass is 325 g/mol. The van der Waals surface area contributed by atoms with Crippen molar-refractivity contribution in [2.75, 3.05) is 6.54 Å². The molecule has 2 amide bonds. The number of carbonyl (C=O) groups excluding carboxylic acids is 1. The Bertz CT molecular complexity index is 559. The second kappa shape index (κ2) is 7.40. The fourth-order valence-electron chi connectivity index (χ4n) is 2.62. The average molecular weight is 325 g/mol. The van der Waals surface area contributed by atoms with Crippen molar-refractivity contribution in [2.45, 2.75) is 51.7 Å². The highest BCUT2D eigenvalue weighted by Gasteiger charge is 2.34. The van der Waals surface area contributed by atoms with Crippen LogP contribution in [0.5, 0.6) is 0 Å². The molecule has 0 spiro atoms. The Morgan fingerprint density at radius 2 is 2.26 bits per heavy atom. The highest BCUT2D eigenvalue weighted by molar-refractivity contribution is 5.83. The topological polar surface area (TPSA) is 135 Å². The SMILES string of the molecule is CC(C)C[C@H](N)c1noc(CNC(=O)N2CCCC2C(=O)O)n1. The van der Waals surface area contributed by atoms with E-state index in [9.17, 15) is 9.59 Å². The zero-order valence-corrected chi connectivity index (χ0v) is 13.4. The number of aliphatic carboxylic acids is 1. The van der Waals surface area contributed by atoms with E-state index < -0.39 is 18.0 Å². The van der Waals surface area contributed by atoms with Crippen LogP contribution in [0.2, 0.25) is 0 Å². The number of hydrogen-bond acceptors (Lipinski definition) is 6. The van der Waals surface area contributed by atoms with E-state index in [0.29, 0.717) is 31.1 Å². The zero-order chi connectivity index (χ0) is 17.0. The molecule has 128 valence electrons. The van der Waals surface area contributed by atoms with Gasteiger partial charge in [-0.05, 0) is 25.2 Å². The van der Waals surface area contributed by atoms with E-state index in [2.05, 4.69) is 29.3 Å². The summed E-state index contributed by atoms with van der Waals surface area (Å²) in [4.78, 5) is 28.6. The number of carboxylic acid groups (broad SMARTS) is 1. The van der Waals surface area contributed by atoms with E-state index in [-0.39, 0.29) is 18.5 Å². The van der Waals surface area contributed by atoms with Gasteiger partial charge in [0.1, 0.15) is 6.04 Å². The van der Waals surface area contributed by atoms with Gasteiger partial charge < -0.3 is 25.6 Å². The van der Waals surface area contributed by atoms with Crippen LogP contribution >= 0.6 is 0 Å². The molecule has 2 rings (SSSR count). The molecule has 0 bridgehead atoms. The molecular weight excluding hydrogens is 302 g/mol. The minimum absolute atomic E-state index is 0.0447. The maximum absolute atomic E-state index is 12.1. The third kappa shape index (κ3) is 4.41. The smallest absolute Gasteiger partial charge is 0.326 e. The molecule has 2 heterocycles. The van der Waals surface area contributed by atoms with Gasteiger partial charge in [-0.25, -0.2) is 9.59 Å². The van der Waals surface area contributed by atoms with Crippen molar-refractivity contribution in [3.05, 3.63) is 11.7 Å². The lowest BCUT2D eigenvalue weighted by molar-refractivity contribution is -0.141. The largest absolute Gasteiger partial charge is 0.480 e. The molecule has 0 saturated carbocycles. The first-order valence-electron chi connectivity index (χ1n) is 7.73. The number of nitrogens with two attached hydrogens (primary N) is 1. The van der Waals surface area contributed by atoms with Crippen LogP contribution in [0.25, 0.3) is 0 Å². The minimum atomic E-state index is -0.989. The van der Waals surface area contributed by atoms with Crippen molar-refractivity contribution >= 4 is 12.0 Å². The number of carbonyl (C=O) groups is 2. The number of amides is 2. The van der Waals surface area contributed by atoms with Gasteiger partial charge in [-0.1, -0.05) is 19.0 Å². The van der Waals surface area contributed by atoms with Crippen molar-refractivity contribution in [2.24, 2.45) is 11.7 Å². The number of carboxylic acids is 1. The molecule has 1 aromatic rings. The Morgan fingerprint density at radius 1 is 1.52 bits per heavy atom. The summed E-state index contributed by atoms with van der Waals surface area (Å²) in [6.45, 7) is 4.58. The van der Waals surface area contributed by atoms with Crippen LogP contribution in [0.1, 0.15) is 50.9 Å². The molecular formula is C14H23N5O4. The first-order valence-corrected chi connectivity index (χ1v) is 7.73. The molecule has 0 aliphatic carbocycles. The van der Waals surface area contributed by atoms with E-state index in [1.165, 1.54) is 4.90 Å². The van der Waals surface area contributed by atoms with Crippen LogP contribution in [0.4, 0.5) is 4.79 Å². The molecule has 2 atom stereocenters. The van der Waals surface area contributed by atoms with E-state index in [1.54, 1.807) is 0 Å². The molecule has 1 aromatic heterocycles. The van der Waals surface area contributed by atoms with Crippen molar-refractivity contribution in [3.8, 4) is 0 Å². The van der Waals surface area contributed by atoms with Crippen molar-refractivity contribution in [3.63, 3.8) is 0 Å². The maximum Gasteiger partial charge on any atom is 0.326 e. The van der Waals surface area contributed by atoms with Crippen molar-refractivity contribution in [1.82, 2.24) is 20.4 Å². The van der Waals surface area contributed by atoms with Crippen LogP contribution in [0, 0.1) is 5.92 Å². The van der Waals surface area contributed by atoms with Gasteiger partial charge in [0, 0.05) is 6.54 Å². The van der Waals surface area contributed by atoms with Gasteiger partial charge in [-0.2, -0.15) is 4.98 Å². The predicted octanol–water partition coefficient (Wildman–Crippen LogP) is 0.874. The molecule has 23 heavy (non-hydrogen) atoms. The van der Waals surface area contributed by atoms with Gasteiger partial charge in [0.05, 0.1) is 12.6 Å². The molecule has 4 N–H and O–H groups in total. The van der Waals surface area contributed by atoms with Gasteiger partial charge in [-0.15, -0.1) is 0 Å². The summed E-state index contributed by atoms with van der Waals surface area (Å²) in [7, 11) is 0. The summed E-state index contributed by atoms with van der Waals surface area (Å²) in [5.41, 5.74) is 5.97. The summed E-state index contributed by atoms with van der Waals surface area (Å²) in [6, 6.07) is -1.52. The molecule has 1 saturated heterocycles. The third-order valence-electron chi connectivity index (χ3n) is 3.73. The highest BCUT2D eigenvalue weighted by atomic mass is 16.5. The molecule has 9 heteroatoms. The van der Waals surface area contributed by atoms with Crippen molar-refractivity contribution < 1.29 is 19.2 Å². The number of urea groups is 1. The Kier molecular flexibility index (Phi) is 5.54. The summed E-state index contributed by atoms with van der Waals surface area (Å²) in [6.07, 6.45) is 1.88. The Hall–Kier alpha value is -2.16. The van der Waals surface area contributed by atoms with Gasteiger partial charge in [0.15, 0.2) is 5.82 Å². The number of nitrogens with one attached hydrogen (secondary N) is 1. The van der Waals surface area contributed by atoms with Crippen molar-refractivity contribution in [1.29, 1.82) is 0 Å². The first-order chi connectivity index (χ1) is 10.9. The number of hydrogen-bond donors (Lipinski definition) is 3. The third-order valence-corrected chi connectivity index (χ3v) is 3.73. The second-order valence-corrected chi connectivity index (χ2v) is 6.13. The summed E-state index contributed by atoms with van der Waals surface area (Å²) in [5, 5.41) is 15.5. The summed E-state index contributed by atoms with van der Waals surface area (Å²) < 4.78 is 5.06. The fourth-order valence-corrected chi connectivity index (χ4v) is 2.62. The summed E-state index contributed by atoms with van der Waals surface area (Å²) >= 11 is 0. The maximum atomic E-state index is 12.1. The number of likely N-dealkylation sites (tertiary alicyclic amines) is 1. The Morgan fingerprint density at radius 3 is 2.91 bits per heavy atom. The molecule has 1 aliphatic rings. The number of aromatic nitrogens is 2. The van der Waals surface area contributed by atoms with Gasteiger partial charge >= 0.3 is 12.0 Å². The van der Waals surface area contributed by atoms with Crippen LogP contribution in [0.3, 0.4) is 0 Å². The molecule has 0 aromatic carbocycles. The quantitative estimate of drug-likeness (QED) is 0.706. The molecule has 1 aliphatic heterocycles. The normalized spacial score (nSPS) is 19.1. The molecule has 1 unspecified atom stereocenters. The molecule has 0 radical (unpaired) electrons. The Labute approximate surface area is 134 Å². The lowest BCUT2D eigenvalue weighted by Crippen LogP contribution is -2.45. The van der Waals surface area contributed by atoms with Crippen LogP contribution in [0.15, 0.2) is 4.52 Å². The first kappa shape index (κ1) is 17.2. The van der Waals surface area contributed by atoms with Crippen LogP contribution < -0.4 is 11.1 Å². The van der Waals surface area contributed by atoms with E-state index >= 15 is 0 Å². The average Bonchev–Trinajstić information content (AvgIpc) is 3.13. The van der Waals surface area contributed by atoms with E-state index in [0.717, 1.165) is 6.42 Å². The molecule has 9 nitrogen and oxygen atoms in total. The lowest BCUT2D eigenvalue weighted by atomic mass is 10.0. The number of nitrogens with zero attached hydrogens (tertiary/aromatic N) is 3. The lowest BCUT2D eigenvalue weighted by Gasteiger charge is -2.21. The second-order valence-electron chi connectivity index (χ2n) is 6.13. The van der Waals surface area contributed by atoms with Crippen LogP contribution in [-0.4, -0.2) is 44.7 Å². The van der Waals surface area contributed by atoms with Gasteiger partial charge in [-0.3, -0.25) is 0 Å². The summed E-state index contributed by atoms with van der Waals surface area (Å²) in [5.74, 6) is 0.0818. The van der Waals surface area contributed by atoms with E-state index in [1.807, 2.05) is 0 Å². The van der Waals surface area contributed by atoms with Gasteiger partial charge in [0.2, 0.25) is 5.89 Å². The molecule has 1 fully saturated rings. The predicted molar refractivity (Wildman–Crippen MR) is 80.3 cm³/mol. The van der Waals surface area contributed by atoms with Gasteiger partial charge in [0.25, 0.3) is 0 Å². The van der Waals surface area contributed by atoms with Crippen LogP contribution in [-0.2, 0) is 11.3 Å². The zero-order valence-electron chi connectivity index (χ0n) is 13.4. The fraction of sp³-hybridized carbons (Fsp3) is 0.714. The highest BCUT2D eigenvalue weighted by Crippen LogP contribution is 2.18. The minimum Gasteiger partial charge on any atom is -0.480 e. The number of rotatable bonds is 6. The van der Waals surface area contributed by atoms with E-state index in [4.69, 9.17) is 15.4 Å². The standard InChI is InChI=1S/C14H23N5O4/c1-8(2)6-9(15)12-17-11(23-18-12)7-16-14(22)19-5-3-4-10(19)13(20)21/h8-10H,3-7,15H2,1-2H3,(H,16,22)(H,20,21)/t9-,10?/m0/s1.